The number of carbonyl (C=O) groups excluding carboxylic acids is 1. The van der Waals surface area contributed by atoms with E-state index >= 15 is 0 Å². The molecule has 1 N–H and O–H groups in total. The van der Waals surface area contributed by atoms with Gasteiger partial charge in [0.1, 0.15) is 11.1 Å². The van der Waals surface area contributed by atoms with Crippen LogP contribution in [0, 0.1) is 29.1 Å². The fraction of sp³-hybridized carbons (Fsp3) is 0.682. The summed E-state index contributed by atoms with van der Waals surface area (Å²) in [5.41, 5.74) is -1.24. The van der Waals surface area contributed by atoms with Crippen molar-refractivity contribution in [2.75, 3.05) is 5.75 Å². The summed E-state index contributed by atoms with van der Waals surface area (Å²) in [5, 5.41) is 12.2. The average Bonchev–Trinajstić information content (AvgIpc) is 2.63. The molecule has 1 amide bonds. The largest absolute Gasteiger partial charge is 0.417 e. The minimum atomic E-state index is -4.64. The number of alkyl halides is 3. The molecule has 0 radical (unpaired) electrons. The lowest BCUT2D eigenvalue weighted by Gasteiger charge is -2.56. The van der Waals surface area contributed by atoms with Gasteiger partial charge in [0.25, 0.3) is 0 Å². The van der Waals surface area contributed by atoms with E-state index in [9.17, 15) is 23.2 Å². The molecule has 4 nitrogen and oxygen atoms in total. The molecule has 4 aliphatic carbocycles. The van der Waals surface area contributed by atoms with Gasteiger partial charge in [-0.15, -0.1) is 0 Å². The van der Waals surface area contributed by atoms with Crippen LogP contribution in [-0.4, -0.2) is 22.7 Å². The van der Waals surface area contributed by atoms with E-state index in [0.29, 0.717) is 23.4 Å². The highest BCUT2D eigenvalue weighted by Gasteiger charge is 2.53. The zero-order valence-electron chi connectivity index (χ0n) is 17.2. The zero-order chi connectivity index (χ0) is 21.7. The summed E-state index contributed by atoms with van der Waals surface area (Å²) in [7, 11) is 0. The van der Waals surface area contributed by atoms with Crippen LogP contribution in [0.15, 0.2) is 11.1 Å². The van der Waals surface area contributed by atoms with Crippen molar-refractivity contribution in [2.24, 2.45) is 17.8 Å². The fourth-order valence-electron chi connectivity index (χ4n) is 6.15. The number of nitriles is 1. The first-order valence-electron chi connectivity index (χ1n) is 10.5. The van der Waals surface area contributed by atoms with Gasteiger partial charge in [0.05, 0.1) is 16.9 Å². The van der Waals surface area contributed by atoms with Gasteiger partial charge in [0.2, 0.25) is 5.91 Å². The van der Waals surface area contributed by atoms with Crippen LogP contribution in [0.4, 0.5) is 13.2 Å². The molecule has 0 aliphatic heterocycles. The molecule has 0 saturated heterocycles. The monoisotopic (exact) mass is 437 g/mol. The molecule has 1 heterocycles. The molecule has 5 rings (SSSR count). The van der Waals surface area contributed by atoms with Gasteiger partial charge in [-0.1, -0.05) is 11.8 Å². The molecule has 1 aromatic rings. The average molecular weight is 438 g/mol. The van der Waals surface area contributed by atoms with Crippen molar-refractivity contribution in [3.05, 3.63) is 22.9 Å². The van der Waals surface area contributed by atoms with Crippen molar-refractivity contribution in [1.82, 2.24) is 10.3 Å². The molecule has 4 saturated carbocycles. The predicted octanol–water partition coefficient (Wildman–Crippen LogP) is 5.06. The highest BCUT2D eigenvalue weighted by Crippen LogP contribution is 2.60. The fourth-order valence-corrected chi connectivity index (χ4v) is 6.97. The second-order valence-corrected chi connectivity index (χ2v) is 10.5. The highest BCUT2D eigenvalue weighted by molar-refractivity contribution is 8.00. The molecule has 0 unspecified atom stereocenters. The van der Waals surface area contributed by atoms with Crippen molar-refractivity contribution in [1.29, 1.82) is 5.26 Å². The lowest BCUT2D eigenvalue weighted by atomic mass is 9.48. The van der Waals surface area contributed by atoms with Gasteiger partial charge in [0, 0.05) is 17.2 Å². The van der Waals surface area contributed by atoms with Crippen molar-refractivity contribution >= 4 is 17.7 Å². The van der Waals surface area contributed by atoms with Gasteiger partial charge in [-0.05, 0) is 76.2 Å². The van der Waals surface area contributed by atoms with Crippen molar-refractivity contribution in [3.63, 3.8) is 0 Å². The van der Waals surface area contributed by atoms with Gasteiger partial charge in [-0.25, -0.2) is 4.98 Å². The van der Waals surface area contributed by atoms with Crippen LogP contribution in [-0.2, 0) is 16.4 Å². The highest BCUT2D eigenvalue weighted by atomic mass is 32.2. The van der Waals surface area contributed by atoms with Gasteiger partial charge in [-0.2, -0.15) is 18.4 Å². The number of thioether (sulfide) groups is 1. The number of hydrogen-bond acceptors (Lipinski definition) is 4. The molecule has 162 valence electrons. The van der Waals surface area contributed by atoms with Gasteiger partial charge >= 0.3 is 6.18 Å². The van der Waals surface area contributed by atoms with E-state index < -0.39 is 17.3 Å². The maximum Gasteiger partial charge on any atom is 0.417 e. The number of halogens is 3. The molecule has 4 aliphatic rings. The van der Waals surface area contributed by atoms with Crippen LogP contribution in [0.25, 0.3) is 0 Å². The summed E-state index contributed by atoms with van der Waals surface area (Å²) >= 11 is 0.925. The minimum absolute atomic E-state index is 0.0250. The number of aromatic nitrogens is 1. The predicted molar refractivity (Wildman–Crippen MR) is 108 cm³/mol. The minimum Gasteiger partial charge on any atom is -0.353 e. The number of pyridine rings is 1. The molecule has 4 bridgehead atoms. The number of nitrogens with one attached hydrogen (secondary N) is 1. The van der Waals surface area contributed by atoms with E-state index in [1.807, 2.05) is 13.8 Å². The third kappa shape index (κ3) is 4.05. The van der Waals surface area contributed by atoms with Crippen molar-refractivity contribution < 1.29 is 18.0 Å². The second-order valence-electron chi connectivity index (χ2n) is 9.55. The SMILES string of the molecule is CC(C)NC(=O)CSc1nc(C23CC4CC(CC(C4)C2)C3)cc(C(F)(F)F)c1C#N. The molecule has 4 fully saturated rings. The number of rotatable bonds is 5. The molecular weight excluding hydrogens is 411 g/mol. The van der Waals surface area contributed by atoms with E-state index in [0.717, 1.165) is 37.1 Å². The Morgan fingerprint density at radius 1 is 1.27 bits per heavy atom. The van der Waals surface area contributed by atoms with Gasteiger partial charge < -0.3 is 5.32 Å². The molecule has 0 aromatic carbocycles. The Bertz CT molecular complexity index is 856. The Kier molecular flexibility index (Phi) is 5.54. The number of amides is 1. The van der Waals surface area contributed by atoms with E-state index in [1.165, 1.54) is 19.3 Å². The molecule has 30 heavy (non-hydrogen) atoms. The second kappa shape index (κ2) is 7.74. The Morgan fingerprint density at radius 2 is 1.83 bits per heavy atom. The van der Waals surface area contributed by atoms with Crippen LogP contribution >= 0.6 is 11.8 Å². The van der Waals surface area contributed by atoms with Crippen molar-refractivity contribution in [2.45, 2.75) is 75.0 Å². The Balaban J connectivity index is 1.73. The lowest BCUT2D eigenvalue weighted by Crippen LogP contribution is -2.49. The maximum absolute atomic E-state index is 13.9. The quantitative estimate of drug-likeness (QED) is 0.654. The number of carbonyl (C=O) groups is 1. The number of nitrogens with zero attached hydrogens (tertiary/aromatic N) is 2. The van der Waals surface area contributed by atoms with Crippen LogP contribution in [0.1, 0.15) is 69.2 Å². The summed E-state index contributed by atoms with van der Waals surface area (Å²) in [6, 6.07) is 2.77. The molecular formula is C22H26F3N3OS. The molecule has 0 atom stereocenters. The van der Waals surface area contributed by atoms with Gasteiger partial charge in [-0.3, -0.25) is 4.79 Å². The van der Waals surface area contributed by atoms with E-state index in [4.69, 9.17) is 0 Å². The summed E-state index contributed by atoms with van der Waals surface area (Å²) < 4.78 is 41.6. The summed E-state index contributed by atoms with van der Waals surface area (Å²) in [4.78, 5) is 16.7. The molecule has 1 aromatic heterocycles. The first-order valence-corrected chi connectivity index (χ1v) is 11.5. The first kappa shape index (κ1) is 21.5. The van der Waals surface area contributed by atoms with E-state index in [1.54, 1.807) is 6.07 Å². The van der Waals surface area contributed by atoms with Crippen LogP contribution in [0.5, 0.6) is 0 Å². The van der Waals surface area contributed by atoms with E-state index in [-0.39, 0.29) is 28.1 Å². The van der Waals surface area contributed by atoms with Crippen LogP contribution in [0.2, 0.25) is 0 Å². The summed E-state index contributed by atoms with van der Waals surface area (Å²) in [6.45, 7) is 3.63. The normalized spacial score (nSPS) is 29.8. The Morgan fingerprint density at radius 3 is 2.30 bits per heavy atom. The van der Waals surface area contributed by atoms with E-state index in [2.05, 4.69) is 10.3 Å². The zero-order valence-corrected chi connectivity index (χ0v) is 18.0. The summed E-state index contributed by atoms with van der Waals surface area (Å²) in [6.07, 6.45) is 1.55. The third-order valence-electron chi connectivity index (χ3n) is 6.77. The van der Waals surface area contributed by atoms with Gasteiger partial charge in [0.15, 0.2) is 0 Å². The Labute approximate surface area is 179 Å². The maximum atomic E-state index is 13.9. The standard InChI is InChI=1S/C22H26F3N3OS/c1-12(2)27-19(29)11-30-20-16(10-26)17(22(23,24)25)6-18(28-20)21-7-13-3-14(8-21)5-15(4-13)9-21/h6,12-15H,3-5,7-9,11H2,1-2H3,(H,27,29). The first-order chi connectivity index (χ1) is 14.1. The summed E-state index contributed by atoms with van der Waals surface area (Å²) in [5.74, 6) is 1.35. The third-order valence-corrected chi connectivity index (χ3v) is 7.75. The topological polar surface area (TPSA) is 65.8 Å². The lowest BCUT2D eigenvalue weighted by molar-refractivity contribution is -0.138. The Hall–Kier alpha value is -1.75. The van der Waals surface area contributed by atoms with Crippen LogP contribution in [0.3, 0.4) is 0 Å². The number of hydrogen-bond donors (Lipinski definition) is 1. The van der Waals surface area contributed by atoms with Crippen LogP contribution < -0.4 is 5.32 Å². The molecule has 8 heteroatoms. The smallest absolute Gasteiger partial charge is 0.353 e. The van der Waals surface area contributed by atoms with Crippen molar-refractivity contribution in [3.8, 4) is 6.07 Å². The molecule has 0 spiro atoms.